The first kappa shape index (κ1) is 11.7. The largest absolute Gasteiger partial charge is 0.479 e. The quantitative estimate of drug-likeness (QED) is 0.853. The molecule has 0 saturated heterocycles. The van der Waals surface area contributed by atoms with Crippen molar-refractivity contribution in [2.24, 2.45) is 0 Å². The van der Waals surface area contributed by atoms with E-state index in [0.29, 0.717) is 22.1 Å². The summed E-state index contributed by atoms with van der Waals surface area (Å²) in [7, 11) is 0. The average molecular weight is 273 g/mol. The first-order valence-corrected chi connectivity index (χ1v) is 4.98. The van der Waals surface area contributed by atoms with E-state index < -0.39 is 12.1 Å². The maximum Gasteiger partial charge on any atom is 0.344 e. The number of benzene rings is 1. The maximum absolute atomic E-state index is 10.5. The minimum absolute atomic E-state index is 0.399. The third-order valence-corrected chi connectivity index (χ3v) is 2.36. The van der Waals surface area contributed by atoms with E-state index in [4.69, 9.17) is 9.84 Å². The van der Waals surface area contributed by atoms with Gasteiger partial charge < -0.3 is 9.84 Å². The van der Waals surface area contributed by atoms with Crippen LogP contribution in [0.15, 0.2) is 22.7 Å². The molecule has 1 N–H and O–H groups in total. The van der Waals surface area contributed by atoms with Crippen molar-refractivity contribution in [3.63, 3.8) is 0 Å². The van der Waals surface area contributed by atoms with Crippen LogP contribution >= 0.6 is 15.9 Å². The van der Waals surface area contributed by atoms with Crippen LogP contribution in [0.1, 0.15) is 17.3 Å². The Bertz CT molecular complexity index is 389. The van der Waals surface area contributed by atoms with Crippen LogP contribution in [0.25, 0.3) is 0 Å². The summed E-state index contributed by atoms with van der Waals surface area (Å²) in [6.07, 6.45) is -0.224. The minimum Gasteiger partial charge on any atom is -0.479 e. The summed E-state index contributed by atoms with van der Waals surface area (Å²) in [6, 6.07) is 4.67. The van der Waals surface area contributed by atoms with E-state index in [-0.39, 0.29) is 0 Å². The Morgan fingerprint density at radius 2 is 2.27 bits per heavy atom. The minimum atomic E-state index is -1.04. The standard InChI is InChI=1S/C10H9BrO4/c1-6(10(13)14)15-9-3-2-7(5-12)4-8(9)11/h2-6H,1H3,(H,13,14). The van der Waals surface area contributed by atoms with Crippen molar-refractivity contribution in [2.75, 3.05) is 0 Å². The van der Waals surface area contributed by atoms with Gasteiger partial charge in [0.25, 0.3) is 0 Å². The molecule has 0 aliphatic heterocycles. The predicted molar refractivity (Wildman–Crippen MR) is 57.3 cm³/mol. The highest BCUT2D eigenvalue weighted by atomic mass is 79.9. The van der Waals surface area contributed by atoms with Crippen LogP contribution in [0.3, 0.4) is 0 Å². The van der Waals surface area contributed by atoms with Gasteiger partial charge in [-0.3, -0.25) is 4.79 Å². The van der Waals surface area contributed by atoms with Crippen molar-refractivity contribution >= 4 is 28.2 Å². The molecule has 0 aromatic heterocycles. The van der Waals surface area contributed by atoms with E-state index in [1.807, 2.05) is 0 Å². The third-order valence-electron chi connectivity index (χ3n) is 1.74. The smallest absolute Gasteiger partial charge is 0.344 e. The Morgan fingerprint density at radius 3 is 2.73 bits per heavy atom. The van der Waals surface area contributed by atoms with E-state index in [9.17, 15) is 9.59 Å². The third kappa shape index (κ3) is 3.06. The van der Waals surface area contributed by atoms with E-state index in [1.54, 1.807) is 18.2 Å². The molecule has 0 aliphatic carbocycles. The molecule has 0 spiro atoms. The van der Waals surface area contributed by atoms with Crippen molar-refractivity contribution in [3.05, 3.63) is 28.2 Å². The van der Waals surface area contributed by atoms with Crippen molar-refractivity contribution < 1.29 is 19.4 Å². The van der Waals surface area contributed by atoms with Gasteiger partial charge in [0.1, 0.15) is 12.0 Å². The number of aliphatic carboxylic acids is 1. The summed E-state index contributed by atoms with van der Waals surface area (Å²) >= 11 is 3.19. The molecule has 1 rings (SSSR count). The number of carboxylic acids is 1. The zero-order valence-corrected chi connectivity index (χ0v) is 9.52. The molecule has 15 heavy (non-hydrogen) atoms. The summed E-state index contributed by atoms with van der Waals surface area (Å²) in [5, 5.41) is 8.64. The topological polar surface area (TPSA) is 63.6 Å². The molecule has 0 aliphatic rings. The molecule has 1 aromatic rings. The van der Waals surface area contributed by atoms with Crippen LogP contribution in [-0.2, 0) is 4.79 Å². The highest BCUT2D eigenvalue weighted by Gasteiger charge is 2.14. The van der Waals surface area contributed by atoms with Gasteiger partial charge in [0.15, 0.2) is 6.10 Å². The number of ether oxygens (including phenoxy) is 1. The van der Waals surface area contributed by atoms with E-state index in [2.05, 4.69) is 15.9 Å². The molecule has 80 valence electrons. The second-order valence-corrected chi connectivity index (χ2v) is 3.76. The molecular formula is C10H9BrO4. The average Bonchev–Trinajstić information content (AvgIpc) is 2.20. The molecular weight excluding hydrogens is 264 g/mol. The predicted octanol–water partition coefficient (Wildman–Crippen LogP) is 2.11. The monoisotopic (exact) mass is 272 g/mol. The van der Waals surface area contributed by atoms with Crippen LogP contribution in [0, 0.1) is 0 Å². The fourth-order valence-corrected chi connectivity index (χ4v) is 1.42. The SMILES string of the molecule is CC(Oc1ccc(C=O)cc1Br)C(=O)O. The number of carbonyl (C=O) groups is 2. The Balaban J connectivity index is 2.87. The van der Waals surface area contributed by atoms with Crippen LogP contribution in [0.2, 0.25) is 0 Å². The highest BCUT2D eigenvalue weighted by molar-refractivity contribution is 9.10. The summed E-state index contributed by atoms with van der Waals surface area (Å²) in [4.78, 5) is 21.0. The van der Waals surface area contributed by atoms with Gasteiger partial charge >= 0.3 is 5.97 Å². The highest BCUT2D eigenvalue weighted by Crippen LogP contribution is 2.26. The molecule has 0 amide bonds. The Kier molecular flexibility index (Phi) is 3.85. The van der Waals surface area contributed by atoms with Gasteiger partial charge in [-0.1, -0.05) is 0 Å². The van der Waals surface area contributed by atoms with Crippen molar-refractivity contribution in [2.45, 2.75) is 13.0 Å². The first-order valence-electron chi connectivity index (χ1n) is 4.18. The van der Waals surface area contributed by atoms with Crippen LogP contribution < -0.4 is 4.74 Å². The molecule has 0 radical (unpaired) electrons. The number of hydrogen-bond acceptors (Lipinski definition) is 3. The lowest BCUT2D eigenvalue weighted by molar-refractivity contribution is -0.144. The second-order valence-electron chi connectivity index (χ2n) is 2.91. The molecule has 4 nitrogen and oxygen atoms in total. The van der Waals surface area contributed by atoms with Gasteiger partial charge in [0, 0.05) is 5.56 Å². The van der Waals surface area contributed by atoms with Gasteiger partial charge in [-0.15, -0.1) is 0 Å². The van der Waals surface area contributed by atoms with Gasteiger partial charge in [0.2, 0.25) is 0 Å². The maximum atomic E-state index is 10.5. The number of halogens is 1. The van der Waals surface area contributed by atoms with Gasteiger partial charge in [-0.2, -0.15) is 0 Å². The summed E-state index contributed by atoms with van der Waals surface area (Å²) in [5.41, 5.74) is 0.497. The molecule has 0 heterocycles. The van der Waals surface area contributed by atoms with Crippen molar-refractivity contribution in [3.8, 4) is 5.75 Å². The molecule has 0 saturated carbocycles. The van der Waals surface area contributed by atoms with Crippen LogP contribution in [-0.4, -0.2) is 23.5 Å². The fourth-order valence-electron chi connectivity index (χ4n) is 0.927. The normalized spacial score (nSPS) is 11.9. The molecule has 1 atom stereocenters. The van der Waals surface area contributed by atoms with Crippen molar-refractivity contribution in [1.82, 2.24) is 0 Å². The molecule has 1 aromatic carbocycles. The zero-order valence-electron chi connectivity index (χ0n) is 7.94. The number of aldehydes is 1. The fraction of sp³-hybridized carbons (Fsp3) is 0.200. The van der Waals surface area contributed by atoms with Crippen LogP contribution in [0.4, 0.5) is 0 Å². The Hall–Kier alpha value is -1.36. The Labute approximate surface area is 95.0 Å². The molecule has 0 bridgehead atoms. The number of rotatable bonds is 4. The van der Waals surface area contributed by atoms with E-state index in [1.165, 1.54) is 6.92 Å². The van der Waals surface area contributed by atoms with E-state index in [0.717, 1.165) is 0 Å². The first-order chi connectivity index (χ1) is 7.04. The van der Waals surface area contributed by atoms with Gasteiger partial charge in [-0.25, -0.2) is 4.79 Å². The number of carbonyl (C=O) groups excluding carboxylic acids is 1. The lowest BCUT2D eigenvalue weighted by Crippen LogP contribution is -2.23. The lowest BCUT2D eigenvalue weighted by atomic mass is 10.2. The van der Waals surface area contributed by atoms with E-state index >= 15 is 0 Å². The molecule has 1 unspecified atom stereocenters. The Morgan fingerprint density at radius 1 is 1.60 bits per heavy atom. The van der Waals surface area contributed by atoms with Gasteiger partial charge in [-0.05, 0) is 41.1 Å². The second kappa shape index (κ2) is 4.93. The summed E-state index contributed by atoms with van der Waals surface area (Å²) in [5.74, 6) is -0.642. The number of carboxylic acid groups (broad SMARTS) is 1. The summed E-state index contributed by atoms with van der Waals surface area (Å²) < 4.78 is 5.70. The number of hydrogen-bond donors (Lipinski definition) is 1. The van der Waals surface area contributed by atoms with Crippen molar-refractivity contribution in [1.29, 1.82) is 0 Å². The van der Waals surface area contributed by atoms with Crippen LogP contribution in [0.5, 0.6) is 5.75 Å². The molecule has 5 heteroatoms. The van der Waals surface area contributed by atoms with Gasteiger partial charge in [0.05, 0.1) is 4.47 Å². The zero-order chi connectivity index (χ0) is 11.4. The summed E-state index contributed by atoms with van der Waals surface area (Å²) in [6.45, 7) is 1.43. The lowest BCUT2D eigenvalue weighted by Gasteiger charge is -2.11. The molecule has 0 fully saturated rings.